The maximum absolute atomic E-state index is 5.25. The standard InChI is InChI=1S/C16H26N2O/c1-13-5-7-14(8-6-13)9-11-17-12-15-4-3-10-18-16(15)19-2/h3-4,10,13-14,17H,5-9,11-12H2,1-2H3. The van der Waals surface area contributed by atoms with Gasteiger partial charge in [-0.1, -0.05) is 38.7 Å². The van der Waals surface area contributed by atoms with Crippen LogP contribution < -0.4 is 10.1 Å². The molecule has 1 aliphatic rings. The minimum atomic E-state index is 0.737. The molecule has 0 bridgehead atoms. The summed E-state index contributed by atoms with van der Waals surface area (Å²) in [4.78, 5) is 4.21. The van der Waals surface area contributed by atoms with E-state index in [9.17, 15) is 0 Å². The van der Waals surface area contributed by atoms with Crippen molar-refractivity contribution < 1.29 is 4.74 Å². The predicted octanol–water partition coefficient (Wildman–Crippen LogP) is 3.40. The number of methoxy groups -OCH3 is 1. The summed E-state index contributed by atoms with van der Waals surface area (Å²) < 4.78 is 5.25. The zero-order chi connectivity index (χ0) is 13.5. The van der Waals surface area contributed by atoms with E-state index in [1.807, 2.05) is 6.07 Å². The first-order chi connectivity index (χ1) is 9.29. The molecule has 0 spiro atoms. The van der Waals surface area contributed by atoms with Crippen molar-refractivity contribution in [2.75, 3.05) is 13.7 Å². The molecule has 0 unspecified atom stereocenters. The van der Waals surface area contributed by atoms with Crippen LogP contribution in [0.2, 0.25) is 0 Å². The fraction of sp³-hybridized carbons (Fsp3) is 0.688. The Morgan fingerprint density at radius 1 is 1.32 bits per heavy atom. The molecule has 1 heterocycles. The van der Waals surface area contributed by atoms with Crippen LogP contribution in [-0.4, -0.2) is 18.6 Å². The van der Waals surface area contributed by atoms with Crippen LogP contribution in [0.1, 0.15) is 44.6 Å². The third kappa shape index (κ3) is 4.50. The second-order valence-corrected chi connectivity index (χ2v) is 5.76. The van der Waals surface area contributed by atoms with Crippen LogP contribution >= 0.6 is 0 Å². The van der Waals surface area contributed by atoms with Crippen molar-refractivity contribution in [1.82, 2.24) is 10.3 Å². The smallest absolute Gasteiger partial charge is 0.217 e. The lowest BCUT2D eigenvalue weighted by Gasteiger charge is -2.26. The number of ether oxygens (including phenoxy) is 1. The number of hydrogen-bond acceptors (Lipinski definition) is 3. The summed E-state index contributed by atoms with van der Waals surface area (Å²) in [6.45, 7) is 4.32. The van der Waals surface area contributed by atoms with Gasteiger partial charge in [0.05, 0.1) is 7.11 Å². The van der Waals surface area contributed by atoms with E-state index in [1.54, 1.807) is 13.3 Å². The lowest BCUT2D eigenvalue weighted by atomic mass is 9.81. The molecule has 0 amide bonds. The molecule has 106 valence electrons. The SMILES string of the molecule is COc1ncccc1CNCCC1CCC(C)CC1. The van der Waals surface area contributed by atoms with Gasteiger partial charge in [-0.2, -0.15) is 0 Å². The van der Waals surface area contributed by atoms with Crippen molar-refractivity contribution in [2.45, 2.75) is 45.6 Å². The molecular weight excluding hydrogens is 236 g/mol. The number of aromatic nitrogens is 1. The maximum atomic E-state index is 5.25. The largest absolute Gasteiger partial charge is 0.481 e. The summed E-state index contributed by atoms with van der Waals surface area (Å²) in [5.74, 6) is 2.62. The molecule has 3 heteroatoms. The van der Waals surface area contributed by atoms with Gasteiger partial charge in [-0.25, -0.2) is 4.98 Å². The van der Waals surface area contributed by atoms with Gasteiger partial charge < -0.3 is 10.1 Å². The molecule has 19 heavy (non-hydrogen) atoms. The van der Waals surface area contributed by atoms with Crippen molar-refractivity contribution in [1.29, 1.82) is 0 Å². The summed E-state index contributed by atoms with van der Waals surface area (Å²) in [5.41, 5.74) is 1.14. The van der Waals surface area contributed by atoms with E-state index in [0.29, 0.717) is 0 Å². The second-order valence-electron chi connectivity index (χ2n) is 5.76. The van der Waals surface area contributed by atoms with Crippen molar-refractivity contribution in [3.05, 3.63) is 23.9 Å². The first kappa shape index (κ1) is 14.3. The molecule has 0 aromatic carbocycles. The normalized spacial score (nSPS) is 23.3. The van der Waals surface area contributed by atoms with Gasteiger partial charge in [0.25, 0.3) is 0 Å². The van der Waals surface area contributed by atoms with Gasteiger partial charge in [0.1, 0.15) is 0 Å². The molecule has 1 aliphatic carbocycles. The number of hydrogen-bond donors (Lipinski definition) is 1. The summed E-state index contributed by atoms with van der Waals surface area (Å²) in [6.07, 6.45) is 8.74. The summed E-state index contributed by atoms with van der Waals surface area (Å²) in [6, 6.07) is 4.03. The first-order valence-electron chi connectivity index (χ1n) is 7.48. The number of rotatable bonds is 6. The van der Waals surface area contributed by atoms with Gasteiger partial charge in [-0.3, -0.25) is 0 Å². The number of nitrogens with one attached hydrogen (secondary N) is 1. The van der Waals surface area contributed by atoms with E-state index in [4.69, 9.17) is 4.74 Å². The second kappa shape index (κ2) is 7.49. The molecule has 0 radical (unpaired) electrons. The van der Waals surface area contributed by atoms with Gasteiger partial charge in [-0.15, -0.1) is 0 Å². The zero-order valence-corrected chi connectivity index (χ0v) is 12.2. The molecular formula is C16H26N2O. The Bertz CT molecular complexity index is 373. The molecule has 2 rings (SSSR count). The fourth-order valence-corrected chi connectivity index (χ4v) is 2.89. The highest BCUT2D eigenvalue weighted by Crippen LogP contribution is 2.29. The minimum absolute atomic E-state index is 0.737. The number of pyridine rings is 1. The van der Waals surface area contributed by atoms with E-state index in [1.165, 1.54) is 32.1 Å². The van der Waals surface area contributed by atoms with E-state index in [2.05, 4.69) is 23.3 Å². The molecule has 1 saturated carbocycles. The number of nitrogens with zero attached hydrogens (tertiary/aromatic N) is 1. The Balaban J connectivity index is 1.66. The monoisotopic (exact) mass is 262 g/mol. The quantitative estimate of drug-likeness (QED) is 0.798. The minimum Gasteiger partial charge on any atom is -0.481 e. The van der Waals surface area contributed by atoms with Gasteiger partial charge in [0, 0.05) is 18.3 Å². The van der Waals surface area contributed by atoms with Crippen LogP contribution in [0.5, 0.6) is 5.88 Å². The van der Waals surface area contributed by atoms with E-state index in [-0.39, 0.29) is 0 Å². The Hall–Kier alpha value is -1.09. The first-order valence-corrected chi connectivity index (χ1v) is 7.48. The van der Waals surface area contributed by atoms with Gasteiger partial charge in [0.2, 0.25) is 5.88 Å². The van der Waals surface area contributed by atoms with Crippen molar-refractivity contribution in [3.63, 3.8) is 0 Å². The predicted molar refractivity (Wildman–Crippen MR) is 78.2 cm³/mol. The van der Waals surface area contributed by atoms with E-state index < -0.39 is 0 Å². The third-order valence-electron chi connectivity index (χ3n) is 4.22. The van der Waals surface area contributed by atoms with Crippen molar-refractivity contribution >= 4 is 0 Å². The van der Waals surface area contributed by atoms with Crippen LogP contribution in [0.25, 0.3) is 0 Å². The lowest BCUT2D eigenvalue weighted by Crippen LogP contribution is -2.20. The molecule has 3 nitrogen and oxygen atoms in total. The van der Waals surface area contributed by atoms with Crippen LogP contribution in [0.15, 0.2) is 18.3 Å². The van der Waals surface area contributed by atoms with Crippen molar-refractivity contribution in [2.24, 2.45) is 11.8 Å². The average Bonchev–Trinajstić information content (AvgIpc) is 2.46. The van der Waals surface area contributed by atoms with Gasteiger partial charge in [-0.05, 0) is 30.9 Å². The highest BCUT2D eigenvalue weighted by molar-refractivity contribution is 5.24. The van der Waals surface area contributed by atoms with Crippen LogP contribution in [0.4, 0.5) is 0 Å². The molecule has 1 aromatic rings. The van der Waals surface area contributed by atoms with Gasteiger partial charge in [0.15, 0.2) is 0 Å². The maximum Gasteiger partial charge on any atom is 0.217 e. The highest BCUT2D eigenvalue weighted by Gasteiger charge is 2.17. The third-order valence-corrected chi connectivity index (χ3v) is 4.22. The van der Waals surface area contributed by atoms with Crippen LogP contribution in [-0.2, 0) is 6.54 Å². The molecule has 1 aromatic heterocycles. The molecule has 0 aliphatic heterocycles. The van der Waals surface area contributed by atoms with E-state index in [0.717, 1.165) is 36.4 Å². The summed E-state index contributed by atoms with van der Waals surface area (Å²) in [7, 11) is 1.68. The van der Waals surface area contributed by atoms with E-state index >= 15 is 0 Å². The molecule has 1 N–H and O–H groups in total. The summed E-state index contributed by atoms with van der Waals surface area (Å²) >= 11 is 0. The van der Waals surface area contributed by atoms with Crippen LogP contribution in [0, 0.1) is 11.8 Å². The Morgan fingerprint density at radius 2 is 2.11 bits per heavy atom. The Kier molecular flexibility index (Phi) is 5.64. The van der Waals surface area contributed by atoms with Crippen molar-refractivity contribution in [3.8, 4) is 5.88 Å². The highest BCUT2D eigenvalue weighted by atomic mass is 16.5. The average molecular weight is 262 g/mol. The van der Waals surface area contributed by atoms with Gasteiger partial charge >= 0.3 is 0 Å². The van der Waals surface area contributed by atoms with Crippen LogP contribution in [0.3, 0.4) is 0 Å². The topological polar surface area (TPSA) is 34.1 Å². The fourth-order valence-electron chi connectivity index (χ4n) is 2.89. The Morgan fingerprint density at radius 3 is 2.84 bits per heavy atom. The molecule has 0 atom stereocenters. The molecule has 1 fully saturated rings. The molecule has 0 saturated heterocycles. The summed E-state index contributed by atoms with van der Waals surface area (Å²) in [5, 5.41) is 3.51. The lowest BCUT2D eigenvalue weighted by molar-refractivity contribution is 0.275. The zero-order valence-electron chi connectivity index (χ0n) is 12.2. The Labute approximate surface area is 116 Å².